The number of nitrogens with zero attached hydrogens (tertiary/aromatic N) is 1. The van der Waals surface area contributed by atoms with Crippen LogP contribution >= 0.6 is 11.9 Å². The zero-order valence-electron chi connectivity index (χ0n) is 14.9. The second kappa shape index (κ2) is 7.58. The Hall–Kier alpha value is -1.86. The van der Waals surface area contributed by atoms with Gasteiger partial charge < -0.3 is 16.1 Å². The molecule has 0 saturated carbocycles. The van der Waals surface area contributed by atoms with Crippen molar-refractivity contribution in [3.05, 3.63) is 39.5 Å². The highest BCUT2D eigenvalue weighted by Gasteiger charge is 2.24. The van der Waals surface area contributed by atoms with E-state index in [-0.39, 0.29) is 12.1 Å². The lowest BCUT2D eigenvalue weighted by Gasteiger charge is -2.19. The number of urea groups is 1. The minimum absolute atomic E-state index is 0.141. The molecule has 0 unspecified atom stereocenters. The second-order valence-corrected chi connectivity index (χ2v) is 7.84. The molecule has 1 aromatic rings. The van der Waals surface area contributed by atoms with Crippen molar-refractivity contribution in [2.24, 2.45) is 11.6 Å². The van der Waals surface area contributed by atoms with Gasteiger partial charge in [-0.15, -0.1) is 0 Å². The van der Waals surface area contributed by atoms with Crippen LogP contribution in [0.1, 0.15) is 48.9 Å². The van der Waals surface area contributed by atoms with Crippen molar-refractivity contribution in [3.63, 3.8) is 0 Å². The number of hydrazine groups is 1. The molecule has 2 amide bonds. The molecule has 6 N–H and O–H groups in total. The molecule has 0 spiro atoms. The molecule has 0 bridgehead atoms. The lowest BCUT2D eigenvalue weighted by Crippen LogP contribution is -2.33. The van der Waals surface area contributed by atoms with Crippen LogP contribution in [0.15, 0.2) is 17.3 Å². The number of anilines is 1. The van der Waals surface area contributed by atoms with Crippen molar-refractivity contribution in [2.45, 2.75) is 58.4 Å². The Kier molecular flexibility index (Phi) is 5.44. The molecular formula is C18H27N5OS. The summed E-state index contributed by atoms with van der Waals surface area (Å²) in [6.45, 7) is 3.93. The van der Waals surface area contributed by atoms with Gasteiger partial charge in [0.05, 0.1) is 0 Å². The molecule has 136 valence electrons. The minimum atomic E-state index is -0.246. The summed E-state index contributed by atoms with van der Waals surface area (Å²) in [5.41, 5.74) is 12.4. The van der Waals surface area contributed by atoms with Crippen LogP contribution in [0.2, 0.25) is 0 Å². The Balaban J connectivity index is 1.66. The molecule has 7 heteroatoms. The summed E-state index contributed by atoms with van der Waals surface area (Å²) < 4.78 is 2.75. The zero-order chi connectivity index (χ0) is 18.0. The topological polar surface area (TPSA) is 96.4 Å². The predicted octanol–water partition coefficient (Wildman–Crippen LogP) is 2.78. The van der Waals surface area contributed by atoms with Gasteiger partial charge in [0.2, 0.25) is 0 Å². The average Bonchev–Trinajstić information content (AvgIpc) is 3.21. The van der Waals surface area contributed by atoms with Gasteiger partial charge in [-0.25, -0.2) is 10.6 Å². The lowest BCUT2D eigenvalue weighted by atomic mass is 9.99. The second-order valence-electron chi connectivity index (χ2n) is 6.96. The highest BCUT2D eigenvalue weighted by Crippen LogP contribution is 2.38. The maximum Gasteiger partial charge on any atom is 0.329 e. The number of nitrogens with two attached hydrogens (primary N) is 2. The maximum absolute atomic E-state index is 12.4. The van der Waals surface area contributed by atoms with Crippen molar-refractivity contribution in [1.82, 2.24) is 9.73 Å². The van der Waals surface area contributed by atoms with Crippen molar-refractivity contribution in [3.8, 4) is 0 Å². The van der Waals surface area contributed by atoms with E-state index in [0.29, 0.717) is 5.03 Å². The Bertz CT molecular complexity index is 669. The van der Waals surface area contributed by atoms with Gasteiger partial charge in [0.25, 0.3) is 0 Å². The Labute approximate surface area is 153 Å². The first-order valence-electron chi connectivity index (χ1n) is 8.86. The molecule has 2 aliphatic carbocycles. The Morgan fingerprint density at radius 2 is 1.80 bits per heavy atom. The number of fused-ring (bicyclic) bond motifs is 2. The van der Waals surface area contributed by atoms with Crippen LogP contribution in [0.5, 0.6) is 0 Å². The van der Waals surface area contributed by atoms with E-state index in [4.69, 9.17) is 11.6 Å². The summed E-state index contributed by atoms with van der Waals surface area (Å²) in [4.78, 5) is 12.4. The molecule has 0 aromatic heterocycles. The van der Waals surface area contributed by atoms with Gasteiger partial charge in [-0.1, -0.05) is 6.07 Å². The van der Waals surface area contributed by atoms with Gasteiger partial charge in [0.15, 0.2) is 0 Å². The predicted molar refractivity (Wildman–Crippen MR) is 104 cm³/mol. The molecule has 0 radical (unpaired) electrons. The van der Waals surface area contributed by atoms with E-state index in [1.54, 1.807) is 6.20 Å². The van der Waals surface area contributed by atoms with Crippen LogP contribution in [-0.4, -0.2) is 17.1 Å². The fraction of sp³-hybridized carbons (Fsp3) is 0.500. The van der Waals surface area contributed by atoms with Gasteiger partial charge in [0, 0.05) is 29.9 Å². The molecule has 0 saturated heterocycles. The van der Waals surface area contributed by atoms with Crippen LogP contribution in [0.4, 0.5) is 10.5 Å². The standard InChI is InChI=1S/C18H27N5OS/c1-11(2)23(20)10-16(19)25-22-18(24)21-17-14-7-3-5-12(14)9-13-6-4-8-15(13)17/h9-11H,3-8,19-20H2,1-2H3,(H2,21,22,24)/b16-10+. The van der Waals surface area contributed by atoms with E-state index in [1.165, 1.54) is 40.1 Å². The third-order valence-corrected chi connectivity index (χ3v) is 5.47. The zero-order valence-corrected chi connectivity index (χ0v) is 15.7. The number of aryl methyl sites for hydroxylation is 2. The van der Waals surface area contributed by atoms with Crippen LogP contribution < -0.4 is 21.6 Å². The quantitative estimate of drug-likeness (QED) is 0.367. The fourth-order valence-corrected chi connectivity index (χ4v) is 3.97. The molecule has 3 rings (SSSR count). The van der Waals surface area contributed by atoms with Gasteiger partial charge in [-0.3, -0.25) is 4.72 Å². The van der Waals surface area contributed by atoms with Gasteiger partial charge in [-0.2, -0.15) is 0 Å². The SMILES string of the molecule is CC(C)N(N)/C=C(\N)SNC(=O)Nc1c2c(cc3c1CCC3)CCC2. The summed E-state index contributed by atoms with van der Waals surface area (Å²) in [5, 5.41) is 5.03. The van der Waals surface area contributed by atoms with Crippen molar-refractivity contribution < 1.29 is 4.79 Å². The maximum atomic E-state index is 12.4. The first-order chi connectivity index (χ1) is 12.0. The van der Waals surface area contributed by atoms with Crippen LogP contribution in [0.25, 0.3) is 0 Å². The smallest absolute Gasteiger partial charge is 0.329 e. The van der Waals surface area contributed by atoms with E-state index < -0.39 is 0 Å². The number of nitrogens with one attached hydrogen (secondary N) is 2. The van der Waals surface area contributed by atoms with Crippen LogP contribution in [0, 0.1) is 0 Å². The summed E-state index contributed by atoms with van der Waals surface area (Å²) >= 11 is 1.07. The molecular weight excluding hydrogens is 334 g/mol. The normalized spacial score (nSPS) is 15.9. The highest BCUT2D eigenvalue weighted by atomic mass is 32.2. The van der Waals surface area contributed by atoms with E-state index >= 15 is 0 Å². The van der Waals surface area contributed by atoms with Crippen LogP contribution in [0.3, 0.4) is 0 Å². The molecule has 6 nitrogen and oxygen atoms in total. The third kappa shape index (κ3) is 4.04. The minimum Gasteiger partial charge on any atom is -0.391 e. The highest BCUT2D eigenvalue weighted by molar-refractivity contribution is 8.01. The van der Waals surface area contributed by atoms with E-state index in [2.05, 4.69) is 16.1 Å². The number of amides is 2. The van der Waals surface area contributed by atoms with Crippen molar-refractivity contribution >= 4 is 23.7 Å². The van der Waals surface area contributed by atoms with Gasteiger partial charge in [-0.05, 0) is 74.6 Å². The number of hydrogen-bond acceptors (Lipinski definition) is 5. The number of benzene rings is 1. The average molecular weight is 362 g/mol. The van der Waals surface area contributed by atoms with Crippen LogP contribution in [-0.2, 0) is 25.7 Å². The summed E-state index contributed by atoms with van der Waals surface area (Å²) in [5.74, 6) is 5.81. The third-order valence-electron chi connectivity index (χ3n) is 4.85. The van der Waals surface area contributed by atoms with Crippen molar-refractivity contribution in [2.75, 3.05) is 5.32 Å². The molecule has 1 aromatic carbocycles. The van der Waals surface area contributed by atoms with E-state index in [0.717, 1.165) is 43.3 Å². The first-order valence-corrected chi connectivity index (χ1v) is 9.68. The molecule has 25 heavy (non-hydrogen) atoms. The van der Waals surface area contributed by atoms with E-state index in [1.807, 2.05) is 13.8 Å². The molecule has 2 aliphatic rings. The lowest BCUT2D eigenvalue weighted by molar-refractivity contribution is 0.257. The summed E-state index contributed by atoms with van der Waals surface area (Å²) in [6, 6.07) is 2.25. The molecule has 0 heterocycles. The molecule has 0 aliphatic heterocycles. The number of rotatable bonds is 5. The van der Waals surface area contributed by atoms with Gasteiger partial charge >= 0.3 is 6.03 Å². The van der Waals surface area contributed by atoms with E-state index in [9.17, 15) is 4.79 Å². The molecule has 0 fully saturated rings. The summed E-state index contributed by atoms with van der Waals surface area (Å²) in [7, 11) is 0. The van der Waals surface area contributed by atoms with Crippen molar-refractivity contribution in [1.29, 1.82) is 0 Å². The largest absolute Gasteiger partial charge is 0.391 e. The van der Waals surface area contributed by atoms with Gasteiger partial charge in [0.1, 0.15) is 5.03 Å². The monoisotopic (exact) mass is 361 g/mol. The Morgan fingerprint density at radius 1 is 1.20 bits per heavy atom. The molecule has 0 atom stereocenters. The number of hydrogen-bond donors (Lipinski definition) is 4. The first kappa shape index (κ1) is 17.9. The fourth-order valence-electron chi connectivity index (χ4n) is 3.53. The number of carbonyl (C=O) groups is 1. The summed E-state index contributed by atoms with van der Waals surface area (Å²) in [6.07, 6.45) is 8.28. The number of carbonyl (C=O) groups excluding carboxylic acids is 1. The Morgan fingerprint density at radius 3 is 2.36 bits per heavy atom.